The number of alkyl halides is 3. The summed E-state index contributed by atoms with van der Waals surface area (Å²) in [4.78, 5) is 3.88. The van der Waals surface area contributed by atoms with Crippen molar-refractivity contribution in [3.8, 4) is 33.6 Å². The smallest absolute Gasteiger partial charge is 0.309 e. The molecule has 0 aliphatic rings. The van der Waals surface area contributed by atoms with Crippen molar-refractivity contribution < 1.29 is 13.2 Å². The Balaban J connectivity index is 1.47. The molecule has 0 bridgehead atoms. The molecule has 2 heterocycles. The third-order valence-electron chi connectivity index (χ3n) is 10.8. The fourth-order valence-electron chi connectivity index (χ4n) is 8.34. The molecule has 55 heavy (non-hydrogen) atoms. The van der Waals surface area contributed by atoms with Crippen molar-refractivity contribution >= 4 is 49.3 Å². The first kappa shape index (κ1) is 34.2. The Morgan fingerprint density at radius 3 is 1.45 bits per heavy atom. The average Bonchev–Trinajstić information content (AvgIpc) is 3.64. The van der Waals surface area contributed by atoms with E-state index in [1.807, 2.05) is 42.5 Å². The molecule has 0 aliphatic carbocycles. The second-order valence-corrected chi connectivity index (χ2v) is 14.9. The van der Waals surface area contributed by atoms with Crippen molar-refractivity contribution in [3.63, 3.8) is 0 Å². The van der Waals surface area contributed by atoms with Gasteiger partial charge in [0.1, 0.15) is 0 Å². The minimum Gasteiger partial charge on any atom is -0.309 e. The minimum absolute atomic E-state index is 0.462. The zero-order chi connectivity index (χ0) is 38.3. The van der Waals surface area contributed by atoms with E-state index < -0.39 is 11.7 Å². The Labute approximate surface area is 317 Å². The molecule has 0 saturated carbocycles. The van der Waals surface area contributed by atoms with E-state index in [-0.39, 0.29) is 0 Å². The van der Waals surface area contributed by atoms with Crippen LogP contribution >= 0.6 is 0 Å². The number of aryl methyl sites for hydroxylation is 5. The lowest BCUT2D eigenvalue weighted by Gasteiger charge is -2.22. The highest BCUT2D eigenvalue weighted by atomic mass is 19.4. The molecule has 0 atom stereocenters. The third-order valence-corrected chi connectivity index (χ3v) is 10.8. The molecule has 3 nitrogen and oxygen atoms in total. The highest BCUT2D eigenvalue weighted by Crippen LogP contribution is 2.46. The lowest BCUT2D eigenvalue weighted by Crippen LogP contribution is -2.07. The number of halogens is 3. The number of fused-ring (bicyclic) bond motifs is 6. The fourth-order valence-corrected chi connectivity index (χ4v) is 8.34. The van der Waals surface area contributed by atoms with E-state index in [2.05, 4.69) is 114 Å². The maximum absolute atomic E-state index is 14.4. The molecular weight excluding hydrogens is 688 g/mol. The zero-order valence-corrected chi connectivity index (χ0v) is 31.1. The average molecular weight is 724 g/mol. The van der Waals surface area contributed by atoms with Gasteiger partial charge in [-0.05, 0) is 124 Å². The molecule has 2 aromatic heterocycles. The van der Waals surface area contributed by atoms with Crippen LogP contribution in [0.5, 0.6) is 0 Å². The summed E-state index contributed by atoms with van der Waals surface area (Å²) in [6.45, 7) is 18.1. The van der Waals surface area contributed by atoms with Crippen molar-refractivity contribution in [3.05, 3.63) is 172 Å². The van der Waals surface area contributed by atoms with Gasteiger partial charge in [0.25, 0.3) is 0 Å². The molecule has 0 N–H and O–H groups in total. The van der Waals surface area contributed by atoms with E-state index in [0.29, 0.717) is 22.4 Å². The van der Waals surface area contributed by atoms with Gasteiger partial charge in [0.05, 0.1) is 45.6 Å². The molecule has 0 amide bonds. The van der Waals surface area contributed by atoms with Gasteiger partial charge in [-0.2, -0.15) is 13.2 Å². The van der Waals surface area contributed by atoms with E-state index in [0.717, 1.165) is 88.4 Å². The predicted octanol–water partition coefficient (Wildman–Crippen LogP) is 14.3. The van der Waals surface area contributed by atoms with Gasteiger partial charge in [-0.3, -0.25) is 0 Å². The third kappa shape index (κ3) is 5.58. The summed E-state index contributed by atoms with van der Waals surface area (Å²) in [6, 6.07) is 41.6. The summed E-state index contributed by atoms with van der Waals surface area (Å²) < 4.78 is 47.8. The van der Waals surface area contributed by atoms with Gasteiger partial charge in [0.2, 0.25) is 0 Å². The summed E-state index contributed by atoms with van der Waals surface area (Å²) in [6.07, 6.45) is -4.52. The summed E-state index contributed by atoms with van der Waals surface area (Å²) in [5, 5.41) is 4.37. The molecule has 0 spiro atoms. The van der Waals surface area contributed by atoms with Gasteiger partial charge in [-0.1, -0.05) is 76.9 Å². The van der Waals surface area contributed by atoms with Crippen LogP contribution in [0.3, 0.4) is 0 Å². The summed E-state index contributed by atoms with van der Waals surface area (Å²) in [7, 11) is 0. The second-order valence-electron chi connectivity index (χ2n) is 14.9. The lowest BCUT2D eigenvalue weighted by atomic mass is 9.92. The zero-order valence-electron chi connectivity index (χ0n) is 31.1. The van der Waals surface area contributed by atoms with Crippen LogP contribution < -0.4 is 0 Å². The molecular formula is C49H36F3N3. The summed E-state index contributed by atoms with van der Waals surface area (Å²) in [5.41, 5.74) is 13.0. The molecule has 0 fully saturated rings. The van der Waals surface area contributed by atoms with Gasteiger partial charge in [0, 0.05) is 32.7 Å². The molecule has 0 radical (unpaired) electrons. The lowest BCUT2D eigenvalue weighted by molar-refractivity contribution is -0.137. The largest absolute Gasteiger partial charge is 0.416 e. The number of hydrogen-bond acceptors (Lipinski definition) is 0. The summed E-state index contributed by atoms with van der Waals surface area (Å²) >= 11 is 0. The van der Waals surface area contributed by atoms with Gasteiger partial charge in [-0.15, -0.1) is 0 Å². The van der Waals surface area contributed by atoms with E-state index >= 15 is 0 Å². The van der Waals surface area contributed by atoms with Gasteiger partial charge < -0.3 is 9.13 Å². The van der Waals surface area contributed by atoms with E-state index in [4.69, 9.17) is 6.57 Å². The highest BCUT2D eigenvalue weighted by molar-refractivity contribution is 6.12. The topological polar surface area (TPSA) is 14.2 Å². The second kappa shape index (κ2) is 12.5. The Kier molecular flexibility index (Phi) is 7.77. The Hall–Kier alpha value is -6.58. The number of nitrogens with zero attached hydrogens (tertiary/aromatic N) is 3. The SMILES string of the molecule is [C-]#[N+]c1ccc(-n2c3ccc(C)cc3c3cc(C)ccc32)c(-c2cccc(-c3cc(C)cc(C(F)(F)F)c3)c2-n2c3ccc(C)cc3c3cc(C)ccc32)c1. The van der Waals surface area contributed by atoms with Crippen LogP contribution in [0.4, 0.5) is 18.9 Å². The number of aromatic nitrogens is 2. The first-order valence-electron chi connectivity index (χ1n) is 18.3. The van der Waals surface area contributed by atoms with Gasteiger partial charge in [0.15, 0.2) is 5.69 Å². The monoisotopic (exact) mass is 723 g/mol. The van der Waals surface area contributed by atoms with Crippen molar-refractivity contribution in [2.45, 2.75) is 40.8 Å². The van der Waals surface area contributed by atoms with Crippen molar-refractivity contribution in [2.75, 3.05) is 0 Å². The van der Waals surface area contributed by atoms with Crippen LogP contribution in [0.15, 0.2) is 127 Å². The molecule has 0 saturated heterocycles. The molecule has 9 aromatic rings. The van der Waals surface area contributed by atoms with Crippen LogP contribution in [0.1, 0.15) is 33.4 Å². The minimum atomic E-state index is -4.52. The molecule has 0 aliphatic heterocycles. The summed E-state index contributed by atoms with van der Waals surface area (Å²) in [5.74, 6) is 0. The fraction of sp³-hybridized carbons (Fsp3) is 0.122. The van der Waals surface area contributed by atoms with Crippen molar-refractivity contribution in [1.29, 1.82) is 0 Å². The Morgan fingerprint density at radius 1 is 0.473 bits per heavy atom. The molecule has 0 unspecified atom stereocenters. The van der Waals surface area contributed by atoms with Gasteiger partial charge in [-0.25, -0.2) is 4.85 Å². The van der Waals surface area contributed by atoms with Crippen LogP contribution in [-0.2, 0) is 6.18 Å². The van der Waals surface area contributed by atoms with Crippen LogP contribution in [0.2, 0.25) is 0 Å². The first-order chi connectivity index (χ1) is 26.4. The van der Waals surface area contributed by atoms with Crippen LogP contribution in [0, 0.1) is 41.2 Å². The standard InChI is InChI=1S/C49H36F3N3/c1-28-10-15-43-38(22-28)39-23-29(2)11-16-44(39)54(43)45-19-14-35(53-6)27-42(45)37-9-7-8-36(33-20-32(5)21-34(26-33)49(50,51)52)48(37)55-46-17-12-30(3)24-40(46)41-25-31(4)13-18-47(41)55/h7-27H,1-5H3. The van der Waals surface area contributed by atoms with Gasteiger partial charge >= 0.3 is 6.18 Å². The molecule has 7 aromatic carbocycles. The van der Waals surface area contributed by atoms with Crippen LogP contribution in [-0.4, -0.2) is 9.13 Å². The normalized spacial score (nSPS) is 12.0. The maximum atomic E-state index is 14.4. The van der Waals surface area contributed by atoms with E-state index in [9.17, 15) is 13.2 Å². The first-order valence-corrected chi connectivity index (χ1v) is 18.3. The number of hydrogen-bond donors (Lipinski definition) is 0. The molecule has 268 valence electrons. The molecule has 6 heteroatoms. The number of rotatable bonds is 4. The van der Waals surface area contributed by atoms with E-state index in [1.54, 1.807) is 6.92 Å². The Bertz CT molecular complexity index is 2980. The van der Waals surface area contributed by atoms with Crippen molar-refractivity contribution in [2.24, 2.45) is 0 Å². The Morgan fingerprint density at radius 2 is 0.964 bits per heavy atom. The number of para-hydroxylation sites is 1. The van der Waals surface area contributed by atoms with E-state index in [1.165, 1.54) is 12.1 Å². The maximum Gasteiger partial charge on any atom is 0.416 e. The highest BCUT2D eigenvalue weighted by Gasteiger charge is 2.32. The predicted molar refractivity (Wildman–Crippen MR) is 221 cm³/mol. The van der Waals surface area contributed by atoms with Crippen molar-refractivity contribution in [1.82, 2.24) is 9.13 Å². The van der Waals surface area contributed by atoms with Crippen LogP contribution in [0.25, 0.3) is 82.1 Å². The number of benzene rings is 7. The molecule has 9 rings (SSSR count). The quantitative estimate of drug-likeness (QED) is 0.161.